The molecule has 2 unspecified atom stereocenters. The number of hydrogen-bond acceptors (Lipinski definition) is 3. The molecule has 0 N–H and O–H groups in total. The third-order valence-electron chi connectivity index (χ3n) is 0.770. The number of terminal acetylenes is 1. The van der Waals surface area contributed by atoms with Crippen LogP contribution in [0.5, 0.6) is 0 Å². The molecule has 0 bridgehead atoms. The minimum Gasteiger partial charge on any atom is -0.566 e. The summed E-state index contributed by atoms with van der Waals surface area (Å²) in [4.78, 5) is 9.85. The second-order valence-electron chi connectivity index (χ2n) is 1.39. The summed E-state index contributed by atoms with van der Waals surface area (Å²) in [5, 5.41) is 0. The van der Waals surface area contributed by atoms with Crippen molar-refractivity contribution < 1.29 is 14.0 Å². The summed E-state index contributed by atoms with van der Waals surface area (Å²) in [7, 11) is -2.79. The average molecular weight is 146 g/mol. The Kier molecular flexibility index (Phi) is 4.25. The summed E-state index contributed by atoms with van der Waals surface area (Å²) in [5.74, 6) is 2.18. The van der Waals surface area contributed by atoms with Crippen molar-refractivity contribution in [2.24, 2.45) is 0 Å². The zero-order valence-corrected chi connectivity index (χ0v) is 5.93. The first-order valence-corrected chi connectivity index (χ1v) is 3.57. The molecular formula is C5H7O3P. The Morgan fingerprint density at radius 2 is 2.56 bits per heavy atom. The van der Waals surface area contributed by atoms with Gasteiger partial charge in [0.05, 0.1) is 0 Å². The molecule has 0 amide bonds. The van der Waals surface area contributed by atoms with E-state index in [2.05, 4.69) is 10.4 Å². The fourth-order valence-corrected chi connectivity index (χ4v) is 0.744. The van der Waals surface area contributed by atoms with Gasteiger partial charge in [-0.1, -0.05) is 12.8 Å². The Labute approximate surface area is 55.0 Å². The van der Waals surface area contributed by atoms with E-state index in [1.165, 1.54) is 0 Å². The maximum absolute atomic E-state index is 9.85. The standard InChI is InChI=1S/C5H7O3P/c1-3-5(4-2)8-9(6)7/h1,5H,4H2,2H3. The van der Waals surface area contributed by atoms with Gasteiger partial charge in [0.2, 0.25) is 0 Å². The first-order valence-electron chi connectivity index (χ1n) is 2.48. The van der Waals surface area contributed by atoms with Gasteiger partial charge in [0, 0.05) is 0 Å². The van der Waals surface area contributed by atoms with Crippen LogP contribution in [0.1, 0.15) is 13.3 Å². The van der Waals surface area contributed by atoms with Crippen LogP contribution in [0.2, 0.25) is 0 Å². The summed E-state index contributed by atoms with van der Waals surface area (Å²) in [6, 6.07) is 0. The highest BCUT2D eigenvalue weighted by Crippen LogP contribution is 2.14. The minimum absolute atomic E-state index is 0.514. The van der Waals surface area contributed by atoms with Gasteiger partial charge in [-0.05, 0) is 11.0 Å². The molecule has 0 aliphatic heterocycles. The van der Waals surface area contributed by atoms with Gasteiger partial charge >= 0.3 is 8.25 Å². The van der Waals surface area contributed by atoms with E-state index in [1.54, 1.807) is 6.92 Å². The number of hydrogen-bond donors (Lipinski definition) is 0. The van der Waals surface area contributed by atoms with E-state index in [0.29, 0.717) is 6.42 Å². The van der Waals surface area contributed by atoms with Gasteiger partial charge in [0.1, 0.15) is 0 Å². The molecule has 0 fully saturated rings. The third-order valence-corrected chi connectivity index (χ3v) is 1.20. The molecule has 0 saturated carbocycles. The van der Waals surface area contributed by atoms with E-state index in [0.717, 1.165) is 0 Å². The quantitative estimate of drug-likeness (QED) is 0.428. The summed E-state index contributed by atoms with van der Waals surface area (Å²) in [6.45, 7) is 1.75. The fourth-order valence-electron chi connectivity index (χ4n) is 0.327. The summed E-state index contributed by atoms with van der Waals surface area (Å²) >= 11 is 0. The molecule has 9 heavy (non-hydrogen) atoms. The molecule has 4 heteroatoms. The first kappa shape index (κ1) is 8.58. The van der Waals surface area contributed by atoms with Crippen molar-refractivity contribution in [3.63, 3.8) is 0 Å². The van der Waals surface area contributed by atoms with Gasteiger partial charge in [-0.2, -0.15) is 0 Å². The lowest BCUT2D eigenvalue weighted by Gasteiger charge is -1.97. The molecule has 0 aromatic rings. The maximum Gasteiger partial charge on any atom is 0.489 e. The third kappa shape index (κ3) is 4.11. The maximum atomic E-state index is 9.85. The van der Waals surface area contributed by atoms with Crippen LogP contribution in [0.15, 0.2) is 0 Å². The van der Waals surface area contributed by atoms with Crippen molar-refractivity contribution in [3.8, 4) is 12.3 Å². The molecule has 0 saturated heterocycles. The highest BCUT2D eigenvalue weighted by molar-refractivity contribution is 7.30. The van der Waals surface area contributed by atoms with Gasteiger partial charge in [-0.25, -0.2) is 0 Å². The second-order valence-corrected chi connectivity index (χ2v) is 2.05. The van der Waals surface area contributed by atoms with Crippen LogP contribution in [0.4, 0.5) is 0 Å². The van der Waals surface area contributed by atoms with Crippen molar-refractivity contribution in [3.05, 3.63) is 0 Å². The molecule has 0 rings (SSSR count). The zero-order chi connectivity index (χ0) is 7.28. The van der Waals surface area contributed by atoms with Gasteiger partial charge in [-0.15, -0.1) is 10.9 Å². The lowest BCUT2D eigenvalue weighted by molar-refractivity contribution is -0.187. The van der Waals surface area contributed by atoms with E-state index >= 15 is 0 Å². The van der Waals surface area contributed by atoms with E-state index in [4.69, 9.17) is 6.42 Å². The average Bonchev–Trinajstić information content (AvgIpc) is 1.82. The summed E-state index contributed by atoms with van der Waals surface area (Å²) in [5.41, 5.74) is 0. The fraction of sp³-hybridized carbons (Fsp3) is 0.600. The van der Waals surface area contributed by atoms with Crippen molar-refractivity contribution in [1.82, 2.24) is 0 Å². The van der Waals surface area contributed by atoms with Crippen LogP contribution in [0.3, 0.4) is 0 Å². The molecule has 0 aliphatic carbocycles. The topological polar surface area (TPSA) is 49.4 Å². The Bertz CT molecular complexity index is 138. The van der Waals surface area contributed by atoms with Crippen LogP contribution in [-0.4, -0.2) is 6.10 Å². The molecule has 3 nitrogen and oxygen atoms in total. The van der Waals surface area contributed by atoms with Crippen molar-refractivity contribution >= 4 is 8.25 Å². The van der Waals surface area contributed by atoms with Gasteiger partial charge in [0.25, 0.3) is 0 Å². The molecule has 0 spiro atoms. The van der Waals surface area contributed by atoms with E-state index < -0.39 is 14.4 Å². The normalized spacial score (nSPS) is 14.1. The van der Waals surface area contributed by atoms with E-state index in [-0.39, 0.29) is 0 Å². The molecular weight excluding hydrogens is 139 g/mol. The monoisotopic (exact) mass is 146 g/mol. The SMILES string of the molecule is C#CC(CC)O[P+](=O)[O-]. The van der Waals surface area contributed by atoms with E-state index in [9.17, 15) is 9.46 Å². The van der Waals surface area contributed by atoms with E-state index in [1.807, 2.05) is 0 Å². The molecule has 0 aromatic carbocycles. The molecule has 50 valence electrons. The zero-order valence-electron chi connectivity index (χ0n) is 5.03. The number of rotatable bonds is 3. The largest absolute Gasteiger partial charge is 0.566 e. The Morgan fingerprint density at radius 1 is 2.00 bits per heavy atom. The molecule has 0 aliphatic rings. The lowest BCUT2D eigenvalue weighted by Crippen LogP contribution is -2.06. The van der Waals surface area contributed by atoms with Crippen LogP contribution in [0, 0.1) is 12.3 Å². The van der Waals surface area contributed by atoms with Crippen molar-refractivity contribution in [1.29, 1.82) is 0 Å². The highest BCUT2D eigenvalue weighted by atomic mass is 31.1. The van der Waals surface area contributed by atoms with Crippen LogP contribution >= 0.6 is 8.25 Å². The predicted octanol–water partition coefficient (Wildman–Crippen LogP) is 0.432. The molecule has 0 radical (unpaired) electrons. The summed E-state index contributed by atoms with van der Waals surface area (Å²) in [6.07, 6.45) is 4.81. The van der Waals surface area contributed by atoms with Crippen LogP contribution < -0.4 is 4.89 Å². The van der Waals surface area contributed by atoms with Gasteiger partial charge in [0.15, 0.2) is 6.10 Å². The highest BCUT2D eigenvalue weighted by Gasteiger charge is 2.10. The van der Waals surface area contributed by atoms with Gasteiger partial charge < -0.3 is 4.89 Å². The summed E-state index contributed by atoms with van der Waals surface area (Å²) < 4.78 is 14.1. The lowest BCUT2D eigenvalue weighted by atomic mass is 10.3. The van der Waals surface area contributed by atoms with Crippen LogP contribution in [0.25, 0.3) is 0 Å². The minimum atomic E-state index is -2.79. The van der Waals surface area contributed by atoms with Crippen molar-refractivity contribution in [2.45, 2.75) is 19.4 Å². The Hall–Kier alpha value is -0.420. The molecule has 2 atom stereocenters. The van der Waals surface area contributed by atoms with Gasteiger partial charge in [-0.3, -0.25) is 0 Å². The second kappa shape index (κ2) is 4.46. The smallest absolute Gasteiger partial charge is 0.489 e. The molecule has 0 heterocycles. The Morgan fingerprint density at radius 3 is 2.67 bits per heavy atom. The predicted molar refractivity (Wildman–Crippen MR) is 31.6 cm³/mol. The first-order chi connectivity index (χ1) is 4.20. The van der Waals surface area contributed by atoms with Crippen molar-refractivity contribution in [2.75, 3.05) is 0 Å². The van der Waals surface area contributed by atoms with Crippen LogP contribution in [-0.2, 0) is 9.09 Å². The molecule has 0 aromatic heterocycles. The Balaban J connectivity index is 3.60.